The van der Waals surface area contributed by atoms with Crippen molar-refractivity contribution in [3.05, 3.63) is 32.4 Å². The Morgan fingerprint density at radius 1 is 1.25 bits per heavy atom. The molecule has 0 saturated carbocycles. The van der Waals surface area contributed by atoms with Crippen molar-refractivity contribution in [2.45, 2.75) is 51.2 Å². The van der Waals surface area contributed by atoms with E-state index < -0.39 is 6.10 Å². The third-order valence-corrected chi connectivity index (χ3v) is 5.33. The molecule has 2 unspecified atom stereocenters. The summed E-state index contributed by atoms with van der Waals surface area (Å²) in [6.45, 7) is 4.89. The lowest BCUT2D eigenvalue weighted by Crippen LogP contribution is -2.40. The lowest BCUT2D eigenvalue weighted by molar-refractivity contribution is -0.130. The summed E-state index contributed by atoms with van der Waals surface area (Å²) in [5, 5.41) is 10.7. The van der Waals surface area contributed by atoms with Crippen LogP contribution in [0, 0.1) is 17.4 Å². The molecule has 1 aromatic rings. The van der Waals surface area contributed by atoms with E-state index in [9.17, 15) is 9.90 Å². The van der Waals surface area contributed by atoms with E-state index in [1.165, 1.54) is 3.57 Å². The van der Waals surface area contributed by atoms with E-state index in [4.69, 9.17) is 0 Å². The molecule has 1 amide bonds. The fraction of sp³-hybridized carbons (Fsp3) is 0.562. The molecular formula is C16H20INO2. The van der Waals surface area contributed by atoms with E-state index in [2.05, 4.69) is 34.7 Å². The van der Waals surface area contributed by atoms with Crippen molar-refractivity contribution >= 4 is 28.5 Å². The molecule has 0 spiro atoms. The second kappa shape index (κ2) is 5.30. The van der Waals surface area contributed by atoms with Crippen LogP contribution in [0.15, 0.2) is 12.1 Å². The number of piperidine rings is 1. The molecule has 3 rings (SSSR count). The van der Waals surface area contributed by atoms with Crippen LogP contribution in [0.5, 0.6) is 0 Å². The van der Waals surface area contributed by atoms with Crippen LogP contribution < -0.4 is 0 Å². The van der Waals surface area contributed by atoms with Gasteiger partial charge >= 0.3 is 0 Å². The minimum Gasteiger partial charge on any atom is -0.390 e. The lowest BCUT2D eigenvalue weighted by atomic mass is 9.86. The maximum Gasteiger partial charge on any atom is 0.233 e. The first-order valence-corrected chi connectivity index (χ1v) is 8.34. The number of hydrogen-bond acceptors (Lipinski definition) is 2. The molecule has 0 aromatic heterocycles. The molecular weight excluding hydrogens is 365 g/mol. The summed E-state index contributed by atoms with van der Waals surface area (Å²) in [4.78, 5) is 14.6. The Bertz CT molecular complexity index is 534. The predicted octanol–water partition coefficient (Wildman–Crippen LogP) is 2.75. The monoisotopic (exact) mass is 385 g/mol. The summed E-state index contributed by atoms with van der Waals surface area (Å²) in [5.74, 6) is -0.246. The smallest absolute Gasteiger partial charge is 0.233 e. The number of nitrogens with zero attached hydrogens (tertiary/aromatic N) is 1. The molecule has 0 aliphatic carbocycles. The fourth-order valence-electron chi connectivity index (χ4n) is 3.84. The predicted molar refractivity (Wildman–Crippen MR) is 86.7 cm³/mol. The first-order chi connectivity index (χ1) is 9.50. The molecule has 20 heavy (non-hydrogen) atoms. The van der Waals surface area contributed by atoms with E-state index in [0.717, 1.165) is 42.5 Å². The molecule has 0 bridgehead atoms. The van der Waals surface area contributed by atoms with Gasteiger partial charge in [0.05, 0.1) is 18.1 Å². The quantitative estimate of drug-likeness (QED) is 0.756. The molecule has 4 heteroatoms. The number of benzene rings is 1. The van der Waals surface area contributed by atoms with Crippen molar-refractivity contribution in [1.29, 1.82) is 0 Å². The highest BCUT2D eigenvalue weighted by Gasteiger charge is 2.49. The summed E-state index contributed by atoms with van der Waals surface area (Å²) >= 11 is 2.30. The molecule has 2 aliphatic rings. The van der Waals surface area contributed by atoms with Crippen molar-refractivity contribution in [3.63, 3.8) is 0 Å². The summed E-state index contributed by atoms with van der Waals surface area (Å²) in [5.41, 5.74) is 3.27. The Kier molecular flexibility index (Phi) is 3.79. The topological polar surface area (TPSA) is 40.5 Å². The summed E-state index contributed by atoms with van der Waals surface area (Å²) in [7, 11) is 0. The van der Waals surface area contributed by atoms with E-state index >= 15 is 0 Å². The van der Waals surface area contributed by atoms with Crippen LogP contribution in [-0.2, 0) is 4.79 Å². The molecule has 0 radical (unpaired) electrons. The number of amides is 1. The van der Waals surface area contributed by atoms with Gasteiger partial charge in [0.1, 0.15) is 0 Å². The fourth-order valence-corrected chi connectivity index (χ4v) is 4.77. The van der Waals surface area contributed by atoms with Crippen LogP contribution in [0.4, 0.5) is 0 Å². The SMILES string of the molecule is Cc1cc(I)cc(C)c1[C@H]1C(=O)N2CCCCC2C1O. The van der Waals surface area contributed by atoms with Gasteiger partial charge in [0.15, 0.2) is 0 Å². The number of rotatable bonds is 1. The van der Waals surface area contributed by atoms with Crippen LogP contribution in [0.1, 0.15) is 41.9 Å². The number of fused-ring (bicyclic) bond motifs is 1. The Morgan fingerprint density at radius 2 is 1.90 bits per heavy atom. The van der Waals surface area contributed by atoms with Gasteiger partial charge in [0.25, 0.3) is 0 Å². The maximum atomic E-state index is 12.7. The molecule has 3 atom stereocenters. The van der Waals surface area contributed by atoms with E-state index in [-0.39, 0.29) is 17.9 Å². The van der Waals surface area contributed by atoms with Gasteiger partial charge < -0.3 is 10.0 Å². The van der Waals surface area contributed by atoms with Crippen molar-refractivity contribution in [2.75, 3.05) is 6.54 Å². The third kappa shape index (κ3) is 2.17. The molecule has 2 saturated heterocycles. The van der Waals surface area contributed by atoms with Crippen molar-refractivity contribution < 1.29 is 9.90 Å². The second-order valence-electron chi connectivity index (χ2n) is 6.02. The molecule has 2 aliphatic heterocycles. The third-order valence-electron chi connectivity index (χ3n) is 4.70. The molecule has 2 heterocycles. The first-order valence-electron chi connectivity index (χ1n) is 7.26. The number of aliphatic hydroxyl groups is 1. The van der Waals surface area contributed by atoms with Crippen molar-refractivity contribution in [2.24, 2.45) is 0 Å². The minimum atomic E-state index is -0.555. The Balaban J connectivity index is 2.04. The molecule has 2 fully saturated rings. The first kappa shape index (κ1) is 14.3. The number of carbonyl (C=O) groups is 1. The van der Waals surface area contributed by atoms with Crippen LogP contribution in [0.3, 0.4) is 0 Å². The Morgan fingerprint density at radius 3 is 2.50 bits per heavy atom. The van der Waals surface area contributed by atoms with Gasteiger partial charge in [0, 0.05) is 10.1 Å². The number of hydrogen-bond donors (Lipinski definition) is 1. The number of aryl methyl sites for hydroxylation is 2. The zero-order chi connectivity index (χ0) is 14.4. The van der Waals surface area contributed by atoms with Gasteiger partial charge in [-0.05, 0) is 84.5 Å². The van der Waals surface area contributed by atoms with Gasteiger partial charge in [-0.2, -0.15) is 0 Å². The van der Waals surface area contributed by atoms with Crippen LogP contribution in [-0.4, -0.2) is 34.6 Å². The van der Waals surface area contributed by atoms with E-state index in [1.54, 1.807) is 0 Å². The molecule has 1 N–H and O–H groups in total. The maximum absolute atomic E-state index is 12.7. The van der Waals surface area contributed by atoms with Gasteiger partial charge in [-0.3, -0.25) is 4.79 Å². The average Bonchev–Trinajstić information content (AvgIpc) is 2.64. The average molecular weight is 385 g/mol. The second-order valence-corrected chi connectivity index (χ2v) is 7.26. The number of halogens is 1. The highest BCUT2D eigenvalue weighted by atomic mass is 127. The summed E-state index contributed by atoms with van der Waals surface area (Å²) in [6.07, 6.45) is 2.56. The van der Waals surface area contributed by atoms with Crippen molar-refractivity contribution in [3.8, 4) is 0 Å². The van der Waals surface area contributed by atoms with Gasteiger partial charge in [-0.1, -0.05) is 0 Å². The van der Waals surface area contributed by atoms with Gasteiger partial charge in [0.2, 0.25) is 5.91 Å². The zero-order valence-corrected chi connectivity index (χ0v) is 14.1. The standard InChI is InChI=1S/C16H20INO2/c1-9-7-11(17)8-10(2)13(9)14-15(19)12-5-3-4-6-18(12)16(14)20/h7-8,12,14-15,19H,3-6H2,1-2H3/t12?,14-,15?/m1/s1. The highest BCUT2D eigenvalue weighted by Crippen LogP contribution is 2.40. The van der Waals surface area contributed by atoms with Crippen LogP contribution in [0.25, 0.3) is 0 Å². The highest BCUT2D eigenvalue weighted by molar-refractivity contribution is 14.1. The number of aliphatic hydroxyl groups excluding tert-OH is 1. The van der Waals surface area contributed by atoms with Crippen LogP contribution in [0.2, 0.25) is 0 Å². The van der Waals surface area contributed by atoms with E-state index in [0.29, 0.717) is 0 Å². The molecule has 3 nitrogen and oxygen atoms in total. The van der Waals surface area contributed by atoms with Gasteiger partial charge in [-0.15, -0.1) is 0 Å². The summed E-state index contributed by atoms with van der Waals surface area (Å²) < 4.78 is 1.18. The van der Waals surface area contributed by atoms with Crippen LogP contribution >= 0.6 is 22.6 Å². The largest absolute Gasteiger partial charge is 0.390 e. The molecule has 1 aromatic carbocycles. The van der Waals surface area contributed by atoms with Crippen molar-refractivity contribution in [1.82, 2.24) is 4.90 Å². The van der Waals surface area contributed by atoms with E-state index in [1.807, 2.05) is 18.7 Å². The zero-order valence-electron chi connectivity index (χ0n) is 11.9. The lowest BCUT2D eigenvalue weighted by Gasteiger charge is -2.30. The number of carbonyl (C=O) groups excluding carboxylic acids is 1. The minimum absolute atomic E-state index is 0.0272. The Hall–Kier alpha value is -0.620. The van der Waals surface area contributed by atoms with Gasteiger partial charge in [-0.25, -0.2) is 0 Å². The Labute approximate surface area is 133 Å². The molecule has 108 valence electrons. The normalized spacial score (nSPS) is 29.7. The summed E-state index contributed by atoms with van der Waals surface area (Å²) in [6, 6.07) is 4.22.